The van der Waals surface area contributed by atoms with E-state index in [-0.39, 0.29) is 24.4 Å². The summed E-state index contributed by atoms with van der Waals surface area (Å²) in [6.45, 7) is 3.20. The average molecular weight is 237 g/mol. The third kappa shape index (κ3) is 4.82. The van der Waals surface area contributed by atoms with Crippen molar-refractivity contribution in [1.29, 1.82) is 0 Å². The number of hydrogen-bond acceptors (Lipinski definition) is 3. The molecule has 0 radical (unpaired) electrons. The molecule has 1 fully saturated rings. The summed E-state index contributed by atoms with van der Waals surface area (Å²) in [6.07, 6.45) is 3.60. The zero-order valence-corrected chi connectivity index (χ0v) is 10.3. The topological polar surface area (TPSA) is 55.6 Å². The fraction of sp³-hybridized carbons (Fsp3) is 0.900. The molecule has 1 unspecified atom stereocenters. The van der Waals surface area contributed by atoms with Gasteiger partial charge in [0.2, 0.25) is 5.91 Å². The molecule has 0 spiro atoms. The van der Waals surface area contributed by atoms with Crippen molar-refractivity contribution >= 4 is 18.3 Å². The van der Waals surface area contributed by atoms with Gasteiger partial charge in [-0.15, -0.1) is 12.4 Å². The largest absolute Gasteiger partial charge is 0.376 e. The minimum atomic E-state index is -0.413. The van der Waals surface area contributed by atoms with Gasteiger partial charge in [0.25, 0.3) is 0 Å². The van der Waals surface area contributed by atoms with Crippen molar-refractivity contribution in [3.63, 3.8) is 0 Å². The van der Waals surface area contributed by atoms with E-state index in [2.05, 4.69) is 0 Å². The first-order valence-electron chi connectivity index (χ1n) is 5.23. The van der Waals surface area contributed by atoms with Crippen LogP contribution in [-0.2, 0) is 9.53 Å². The summed E-state index contributed by atoms with van der Waals surface area (Å²) in [5, 5.41) is 0. The maximum absolute atomic E-state index is 11.5. The highest BCUT2D eigenvalue weighted by atomic mass is 35.5. The Morgan fingerprint density at radius 1 is 1.60 bits per heavy atom. The van der Waals surface area contributed by atoms with E-state index in [4.69, 9.17) is 10.5 Å². The number of rotatable bonds is 3. The van der Waals surface area contributed by atoms with Gasteiger partial charge >= 0.3 is 0 Å². The maximum Gasteiger partial charge on any atom is 0.239 e. The van der Waals surface area contributed by atoms with Crippen molar-refractivity contribution in [2.75, 3.05) is 20.2 Å². The number of halogens is 1. The van der Waals surface area contributed by atoms with Crippen LogP contribution in [0.25, 0.3) is 0 Å². The third-order valence-corrected chi connectivity index (χ3v) is 2.52. The molecule has 1 rings (SSSR count). The van der Waals surface area contributed by atoms with Crippen molar-refractivity contribution < 1.29 is 9.53 Å². The summed E-state index contributed by atoms with van der Waals surface area (Å²) in [7, 11) is 1.78. The number of amides is 1. The number of ether oxygens (including phenoxy) is 1. The Kier molecular flexibility index (Phi) is 6.89. The standard InChI is InChI=1S/C10H20N2O2.ClH/c1-8(11)10(13)12(2)7-9-5-3-4-6-14-9;/h8-9H,3-7,11H2,1-2H3;1H/t8-,9?;/m1./s1. The molecular weight excluding hydrogens is 216 g/mol. The molecule has 5 heteroatoms. The van der Waals surface area contributed by atoms with Gasteiger partial charge in [-0.1, -0.05) is 0 Å². The summed E-state index contributed by atoms with van der Waals surface area (Å²) < 4.78 is 5.54. The molecule has 1 heterocycles. The van der Waals surface area contributed by atoms with Crippen LogP contribution < -0.4 is 5.73 Å². The van der Waals surface area contributed by atoms with Gasteiger partial charge in [-0.3, -0.25) is 4.79 Å². The summed E-state index contributed by atoms with van der Waals surface area (Å²) in [6, 6.07) is -0.413. The van der Waals surface area contributed by atoms with E-state index in [1.54, 1.807) is 18.9 Å². The zero-order valence-electron chi connectivity index (χ0n) is 9.44. The first-order valence-corrected chi connectivity index (χ1v) is 5.23. The van der Waals surface area contributed by atoms with Crippen LogP contribution in [0.4, 0.5) is 0 Å². The second-order valence-electron chi connectivity index (χ2n) is 4.00. The predicted octanol–water partition coefficient (Wildman–Crippen LogP) is 0.783. The number of nitrogens with two attached hydrogens (primary N) is 1. The Hall–Kier alpha value is -0.320. The highest BCUT2D eigenvalue weighted by molar-refractivity contribution is 5.85. The molecule has 15 heavy (non-hydrogen) atoms. The molecule has 4 nitrogen and oxygen atoms in total. The molecule has 2 atom stereocenters. The lowest BCUT2D eigenvalue weighted by Gasteiger charge is -2.28. The second-order valence-corrected chi connectivity index (χ2v) is 4.00. The van der Waals surface area contributed by atoms with Gasteiger partial charge < -0.3 is 15.4 Å². The zero-order chi connectivity index (χ0) is 10.6. The van der Waals surface area contributed by atoms with Crippen molar-refractivity contribution in [1.82, 2.24) is 4.90 Å². The molecule has 90 valence electrons. The van der Waals surface area contributed by atoms with Crippen LogP contribution in [0.15, 0.2) is 0 Å². The third-order valence-electron chi connectivity index (χ3n) is 2.52. The van der Waals surface area contributed by atoms with Crippen molar-refractivity contribution in [3.05, 3.63) is 0 Å². The molecule has 0 aliphatic carbocycles. The summed E-state index contributed by atoms with van der Waals surface area (Å²) >= 11 is 0. The molecular formula is C10H21ClN2O2. The molecule has 0 aromatic carbocycles. The lowest BCUT2D eigenvalue weighted by molar-refractivity contribution is -0.133. The highest BCUT2D eigenvalue weighted by Crippen LogP contribution is 2.13. The Balaban J connectivity index is 0.00000196. The Morgan fingerprint density at radius 2 is 2.27 bits per heavy atom. The molecule has 1 aliphatic heterocycles. The molecule has 1 saturated heterocycles. The SMILES string of the molecule is C[C@@H](N)C(=O)N(C)CC1CCCCO1.Cl. The lowest BCUT2D eigenvalue weighted by atomic mass is 10.1. The van der Waals surface area contributed by atoms with E-state index in [1.807, 2.05) is 0 Å². The van der Waals surface area contributed by atoms with E-state index < -0.39 is 6.04 Å². The van der Waals surface area contributed by atoms with E-state index in [9.17, 15) is 4.79 Å². The van der Waals surface area contributed by atoms with Gasteiger partial charge in [0, 0.05) is 20.2 Å². The fourth-order valence-electron chi connectivity index (χ4n) is 1.69. The van der Waals surface area contributed by atoms with Gasteiger partial charge in [0.05, 0.1) is 12.1 Å². The first-order chi connectivity index (χ1) is 6.61. The molecule has 0 aromatic rings. The highest BCUT2D eigenvalue weighted by Gasteiger charge is 2.20. The maximum atomic E-state index is 11.5. The summed E-state index contributed by atoms with van der Waals surface area (Å²) in [4.78, 5) is 13.1. The van der Waals surface area contributed by atoms with Gasteiger partial charge in [0.1, 0.15) is 0 Å². The molecule has 0 saturated carbocycles. The lowest BCUT2D eigenvalue weighted by Crippen LogP contribution is -2.44. The van der Waals surface area contributed by atoms with Crippen LogP contribution >= 0.6 is 12.4 Å². The summed E-state index contributed by atoms with van der Waals surface area (Å²) in [5.74, 6) is -0.0147. The number of hydrogen-bond donors (Lipinski definition) is 1. The smallest absolute Gasteiger partial charge is 0.239 e. The van der Waals surface area contributed by atoms with E-state index in [0.29, 0.717) is 6.54 Å². The quantitative estimate of drug-likeness (QED) is 0.788. The van der Waals surface area contributed by atoms with E-state index >= 15 is 0 Å². The molecule has 0 bridgehead atoms. The Labute approximate surface area is 97.5 Å². The van der Waals surface area contributed by atoms with E-state index in [1.165, 1.54) is 6.42 Å². The number of carbonyl (C=O) groups excluding carboxylic acids is 1. The van der Waals surface area contributed by atoms with Crippen molar-refractivity contribution in [2.24, 2.45) is 5.73 Å². The van der Waals surface area contributed by atoms with Crippen LogP contribution in [0.5, 0.6) is 0 Å². The van der Waals surface area contributed by atoms with Gasteiger partial charge in [-0.2, -0.15) is 0 Å². The normalized spacial score (nSPS) is 22.7. The van der Waals surface area contributed by atoms with E-state index in [0.717, 1.165) is 19.4 Å². The Morgan fingerprint density at radius 3 is 2.73 bits per heavy atom. The van der Waals surface area contributed by atoms with Crippen LogP contribution in [0, 0.1) is 0 Å². The first kappa shape index (κ1) is 14.7. The molecule has 2 N–H and O–H groups in total. The number of carbonyl (C=O) groups is 1. The van der Waals surface area contributed by atoms with Crippen molar-refractivity contribution in [2.45, 2.75) is 38.3 Å². The molecule has 1 aliphatic rings. The van der Waals surface area contributed by atoms with Crippen LogP contribution in [0.3, 0.4) is 0 Å². The summed E-state index contributed by atoms with van der Waals surface area (Å²) in [5.41, 5.74) is 5.51. The van der Waals surface area contributed by atoms with Crippen LogP contribution in [0.2, 0.25) is 0 Å². The minimum absolute atomic E-state index is 0. The van der Waals surface area contributed by atoms with Gasteiger partial charge in [-0.25, -0.2) is 0 Å². The minimum Gasteiger partial charge on any atom is -0.376 e. The van der Waals surface area contributed by atoms with Gasteiger partial charge in [-0.05, 0) is 26.2 Å². The number of nitrogens with zero attached hydrogens (tertiary/aromatic N) is 1. The van der Waals surface area contributed by atoms with Gasteiger partial charge in [0.15, 0.2) is 0 Å². The second kappa shape index (κ2) is 7.04. The average Bonchev–Trinajstić information content (AvgIpc) is 2.18. The molecule has 1 amide bonds. The van der Waals surface area contributed by atoms with Crippen molar-refractivity contribution in [3.8, 4) is 0 Å². The van der Waals surface area contributed by atoms with Crippen LogP contribution in [-0.4, -0.2) is 43.2 Å². The monoisotopic (exact) mass is 236 g/mol. The Bertz CT molecular complexity index is 194. The predicted molar refractivity (Wildman–Crippen MR) is 62.1 cm³/mol. The number of likely N-dealkylation sites (N-methyl/N-ethyl adjacent to an activating group) is 1. The fourth-order valence-corrected chi connectivity index (χ4v) is 1.69. The van der Waals surface area contributed by atoms with Crippen LogP contribution in [0.1, 0.15) is 26.2 Å². The molecule has 0 aromatic heterocycles.